The van der Waals surface area contributed by atoms with Crippen LogP contribution in [0.25, 0.3) is 0 Å². The molecule has 1 unspecified atom stereocenters. The van der Waals surface area contributed by atoms with Crippen LogP contribution in [0.5, 0.6) is 0 Å². The maximum absolute atomic E-state index is 11.4. The molecule has 21 heavy (non-hydrogen) atoms. The zero-order valence-electron chi connectivity index (χ0n) is 12.9. The molecule has 120 valence electrons. The second kappa shape index (κ2) is 8.17. The van der Waals surface area contributed by atoms with Gasteiger partial charge >= 0.3 is 0 Å². The second-order valence-electron chi connectivity index (χ2n) is 5.49. The van der Waals surface area contributed by atoms with Gasteiger partial charge < -0.3 is 10.4 Å². The first-order chi connectivity index (χ1) is 9.80. The molecule has 0 aliphatic heterocycles. The van der Waals surface area contributed by atoms with E-state index in [1.54, 1.807) is 23.9 Å². The van der Waals surface area contributed by atoms with Crippen molar-refractivity contribution >= 4 is 21.6 Å². The fourth-order valence-electron chi connectivity index (χ4n) is 1.83. The van der Waals surface area contributed by atoms with Gasteiger partial charge in [-0.1, -0.05) is 6.92 Å². The number of thioether (sulfide) groups is 1. The molecule has 0 bridgehead atoms. The molecule has 0 aromatic heterocycles. The number of hydrogen-bond donors (Lipinski definition) is 2. The van der Waals surface area contributed by atoms with E-state index < -0.39 is 9.84 Å². The average Bonchev–Trinajstić information content (AvgIpc) is 2.45. The molecule has 1 aromatic carbocycles. The number of aliphatic hydroxyl groups excluding tert-OH is 1. The summed E-state index contributed by atoms with van der Waals surface area (Å²) in [6.45, 7) is 5.13. The van der Waals surface area contributed by atoms with Crippen molar-refractivity contribution in [2.75, 3.05) is 25.2 Å². The van der Waals surface area contributed by atoms with E-state index in [-0.39, 0.29) is 12.1 Å². The van der Waals surface area contributed by atoms with Crippen LogP contribution in [-0.4, -0.2) is 44.2 Å². The fourth-order valence-corrected chi connectivity index (χ4v) is 3.57. The van der Waals surface area contributed by atoms with Crippen molar-refractivity contribution in [2.24, 2.45) is 0 Å². The molecule has 1 atom stereocenters. The van der Waals surface area contributed by atoms with E-state index >= 15 is 0 Å². The molecule has 0 spiro atoms. The molecule has 0 fully saturated rings. The molecule has 0 radical (unpaired) electrons. The van der Waals surface area contributed by atoms with Crippen molar-refractivity contribution in [3.8, 4) is 0 Å². The van der Waals surface area contributed by atoms with Gasteiger partial charge in [0, 0.05) is 16.7 Å². The van der Waals surface area contributed by atoms with E-state index in [0.29, 0.717) is 4.90 Å². The lowest BCUT2D eigenvalue weighted by atomic mass is 10.0. The van der Waals surface area contributed by atoms with Crippen molar-refractivity contribution in [3.05, 3.63) is 24.3 Å². The van der Waals surface area contributed by atoms with E-state index in [1.165, 1.54) is 6.26 Å². The summed E-state index contributed by atoms with van der Waals surface area (Å²) in [5, 5.41) is 12.9. The van der Waals surface area contributed by atoms with Crippen LogP contribution >= 0.6 is 11.8 Å². The number of hydrogen-bond acceptors (Lipinski definition) is 5. The minimum absolute atomic E-state index is 0.112. The minimum atomic E-state index is -3.13. The van der Waals surface area contributed by atoms with Crippen molar-refractivity contribution < 1.29 is 13.5 Å². The third kappa shape index (κ3) is 6.38. The molecule has 1 aromatic rings. The quantitative estimate of drug-likeness (QED) is 0.680. The minimum Gasteiger partial charge on any atom is -0.394 e. The van der Waals surface area contributed by atoms with Crippen molar-refractivity contribution in [1.29, 1.82) is 0 Å². The summed E-state index contributed by atoms with van der Waals surface area (Å²) in [7, 11) is -3.13. The van der Waals surface area contributed by atoms with E-state index in [1.807, 2.05) is 19.1 Å². The lowest BCUT2D eigenvalue weighted by Crippen LogP contribution is -2.46. The highest BCUT2D eigenvalue weighted by molar-refractivity contribution is 7.99. The second-order valence-corrected chi connectivity index (χ2v) is 8.67. The summed E-state index contributed by atoms with van der Waals surface area (Å²) >= 11 is 1.67. The fraction of sp³-hybridized carbons (Fsp3) is 0.600. The van der Waals surface area contributed by atoms with Gasteiger partial charge in [-0.2, -0.15) is 0 Å². The standard InChI is InChI=1S/C15H25NO3S2/c1-4-10-16-15(2,12-17)9-11-20-13-5-7-14(8-6-13)21(3,18)19/h5-8,16-17H,4,9-12H2,1-3H3. The van der Waals surface area contributed by atoms with Crippen molar-refractivity contribution in [2.45, 2.75) is 42.0 Å². The first-order valence-electron chi connectivity index (χ1n) is 7.09. The Morgan fingerprint density at radius 1 is 1.29 bits per heavy atom. The molecular formula is C15H25NO3S2. The van der Waals surface area contributed by atoms with Gasteiger partial charge in [0.15, 0.2) is 9.84 Å². The normalized spacial score (nSPS) is 14.9. The molecule has 0 saturated carbocycles. The molecule has 0 amide bonds. The van der Waals surface area contributed by atoms with Gasteiger partial charge in [0.2, 0.25) is 0 Å². The topological polar surface area (TPSA) is 66.4 Å². The van der Waals surface area contributed by atoms with Crippen molar-refractivity contribution in [3.63, 3.8) is 0 Å². The van der Waals surface area contributed by atoms with Crippen LogP contribution in [0.3, 0.4) is 0 Å². The monoisotopic (exact) mass is 331 g/mol. The van der Waals surface area contributed by atoms with Crippen LogP contribution in [0.15, 0.2) is 34.1 Å². The molecule has 0 saturated heterocycles. The van der Waals surface area contributed by atoms with Crippen LogP contribution in [-0.2, 0) is 9.84 Å². The third-order valence-electron chi connectivity index (χ3n) is 3.33. The highest BCUT2D eigenvalue weighted by atomic mass is 32.2. The van der Waals surface area contributed by atoms with Gasteiger partial charge in [-0.15, -0.1) is 11.8 Å². The summed E-state index contributed by atoms with van der Waals surface area (Å²) in [5.74, 6) is 0.867. The summed E-state index contributed by atoms with van der Waals surface area (Å²) < 4.78 is 22.8. The maximum atomic E-state index is 11.4. The van der Waals surface area contributed by atoms with Gasteiger partial charge in [0.25, 0.3) is 0 Å². The Morgan fingerprint density at radius 3 is 2.38 bits per heavy atom. The van der Waals surface area contributed by atoms with E-state index in [2.05, 4.69) is 12.2 Å². The summed E-state index contributed by atoms with van der Waals surface area (Å²) in [5.41, 5.74) is -0.254. The van der Waals surface area contributed by atoms with Crippen LogP contribution in [0.4, 0.5) is 0 Å². The lowest BCUT2D eigenvalue weighted by molar-refractivity contribution is 0.171. The third-order valence-corrected chi connectivity index (χ3v) is 5.47. The molecular weight excluding hydrogens is 306 g/mol. The number of rotatable bonds is 9. The number of aliphatic hydroxyl groups is 1. The first kappa shape index (κ1) is 18.5. The van der Waals surface area contributed by atoms with Gasteiger partial charge in [0.05, 0.1) is 11.5 Å². The van der Waals surface area contributed by atoms with Crippen LogP contribution in [0.2, 0.25) is 0 Å². The molecule has 2 N–H and O–H groups in total. The highest BCUT2D eigenvalue weighted by Gasteiger charge is 2.21. The number of sulfone groups is 1. The Kier molecular flexibility index (Phi) is 7.20. The molecule has 4 nitrogen and oxygen atoms in total. The Labute approximate surface area is 132 Å². The highest BCUT2D eigenvalue weighted by Crippen LogP contribution is 2.23. The first-order valence-corrected chi connectivity index (χ1v) is 9.97. The largest absolute Gasteiger partial charge is 0.394 e. The van der Waals surface area contributed by atoms with E-state index in [9.17, 15) is 13.5 Å². The SMILES string of the molecule is CCCNC(C)(CO)CCSc1ccc(S(C)(=O)=O)cc1. The van der Waals surface area contributed by atoms with Crippen LogP contribution in [0.1, 0.15) is 26.7 Å². The molecule has 0 aliphatic carbocycles. The summed E-state index contributed by atoms with van der Waals surface area (Å²) in [6.07, 6.45) is 3.10. The van der Waals surface area contributed by atoms with E-state index in [0.717, 1.165) is 30.0 Å². The maximum Gasteiger partial charge on any atom is 0.175 e. The van der Waals surface area contributed by atoms with Gasteiger partial charge in [-0.3, -0.25) is 0 Å². The van der Waals surface area contributed by atoms with Crippen molar-refractivity contribution in [1.82, 2.24) is 5.32 Å². The van der Waals surface area contributed by atoms with Crippen LogP contribution < -0.4 is 5.32 Å². The summed E-state index contributed by atoms with van der Waals surface area (Å²) in [4.78, 5) is 1.38. The number of nitrogens with one attached hydrogen (secondary N) is 1. The predicted octanol–water partition coefficient (Wildman–Crippen LogP) is 2.32. The van der Waals surface area contributed by atoms with Gasteiger partial charge in [-0.25, -0.2) is 8.42 Å². The molecule has 6 heteroatoms. The molecule has 1 rings (SSSR count). The van der Waals surface area contributed by atoms with Crippen LogP contribution in [0, 0.1) is 0 Å². The Balaban J connectivity index is 2.52. The summed E-state index contributed by atoms with van der Waals surface area (Å²) in [6, 6.07) is 6.93. The zero-order valence-corrected chi connectivity index (χ0v) is 14.6. The Bertz CT molecular complexity index is 528. The van der Waals surface area contributed by atoms with Gasteiger partial charge in [-0.05, 0) is 56.3 Å². The Hall–Kier alpha value is -0.560. The van der Waals surface area contributed by atoms with Gasteiger partial charge in [0.1, 0.15) is 0 Å². The smallest absolute Gasteiger partial charge is 0.175 e. The molecule has 0 aliphatic rings. The zero-order chi connectivity index (χ0) is 15.9. The average molecular weight is 332 g/mol. The van der Waals surface area contributed by atoms with E-state index in [4.69, 9.17) is 0 Å². The predicted molar refractivity (Wildman–Crippen MR) is 88.7 cm³/mol. The Morgan fingerprint density at radius 2 is 1.90 bits per heavy atom. The lowest BCUT2D eigenvalue weighted by Gasteiger charge is -2.28. The molecule has 0 heterocycles. The number of benzene rings is 1.